The molecule has 24 heavy (non-hydrogen) atoms. The zero-order valence-electron chi connectivity index (χ0n) is 12.3. The minimum Gasteiger partial charge on any atom is -0.507 e. The number of rotatable bonds is 5. The average Bonchev–Trinajstić information content (AvgIpc) is 3.04. The van der Waals surface area contributed by atoms with Crippen LogP contribution in [0.15, 0.2) is 62.6 Å². The monoisotopic (exact) mass is 405 g/mol. The highest BCUT2D eigenvalue weighted by Gasteiger charge is 2.13. The molecule has 6 nitrogen and oxygen atoms in total. The number of halogens is 1. The van der Waals surface area contributed by atoms with Crippen molar-refractivity contribution in [1.82, 2.24) is 10.2 Å². The van der Waals surface area contributed by atoms with Crippen LogP contribution < -0.4 is 5.32 Å². The molecule has 0 spiro atoms. The first-order valence-electron chi connectivity index (χ1n) is 6.92. The molecule has 1 aromatic heterocycles. The predicted molar refractivity (Wildman–Crippen MR) is 94.9 cm³/mol. The van der Waals surface area contributed by atoms with Crippen LogP contribution in [0.5, 0.6) is 5.75 Å². The number of aromatic nitrogens is 2. The maximum Gasteiger partial charge on any atom is 0.277 e. The van der Waals surface area contributed by atoms with Gasteiger partial charge < -0.3 is 14.8 Å². The van der Waals surface area contributed by atoms with E-state index >= 15 is 0 Å². The largest absolute Gasteiger partial charge is 0.507 e. The quantitative estimate of drug-likeness (QED) is 0.625. The number of thioether (sulfide) groups is 1. The summed E-state index contributed by atoms with van der Waals surface area (Å²) in [6.07, 6.45) is 0. The molecule has 122 valence electrons. The van der Waals surface area contributed by atoms with Crippen LogP contribution in [0.2, 0.25) is 0 Å². The van der Waals surface area contributed by atoms with E-state index in [0.717, 1.165) is 16.2 Å². The highest BCUT2D eigenvalue weighted by atomic mass is 79.9. The van der Waals surface area contributed by atoms with Crippen molar-refractivity contribution in [1.29, 1.82) is 0 Å². The van der Waals surface area contributed by atoms with Gasteiger partial charge in [0.25, 0.3) is 11.1 Å². The molecule has 0 saturated carbocycles. The lowest BCUT2D eigenvalue weighted by molar-refractivity contribution is -0.113. The Morgan fingerprint density at radius 2 is 1.92 bits per heavy atom. The maximum atomic E-state index is 11.9. The van der Waals surface area contributed by atoms with E-state index in [4.69, 9.17) is 4.42 Å². The molecule has 0 atom stereocenters. The van der Waals surface area contributed by atoms with Crippen molar-refractivity contribution in [2.24, 2.45) is 0 Å². The number of para-hydroxylation sites is 1. The Morgan fingerprint density at radius 1 is 1.17 bits per heavy atom. The van der Waals surface area contributed by atoms with Gasteiger partial charge in [-0.25, -0.2) is 0 Å². The summed E-state index contributed by atoms with van der Waals surface area (Å²) in [6.45, 7) is 0. The van der Waals surface area contributed by atoms with Gasteiger partial charge in [-0.05, 0) is 36.4 Å². The molecule has 2 aromatic carbocycles. The lowest BCUT2D eigenvalue weighted by Gasteiger charge is -2.03. The Kier molecular flexibility index (Phi) is 5.17. The van der Waals surface area contributed by atoms with Gasteiger partial charge in [-0.15, -0.1) is 10.2 Å². The topological polar surface area (TPSA) is 88.2 Å². The van der Waals surface area contributed by atoms with Crippen LogP contribution in [-0.2, 0) is 4.79 Å². The zero-order valence-corrected chi connectivity index (χ0v) is 14.7. The summed E-state index contributed by atoms with van der Waals surface area (Å²) in [5.41, 5.74) is 1.17. The molecule has 3 aromatic rings. The summed E-state index contributed by atoms with van der Waals surface area (Å²) >= 11 is 4.47. The molecule has 0 saturated heterocycles. The molecule has 0 aliphatic heterocycles. The number of hydrogen-bond acceptors (Lipinski definition) is 6. The number of benzene rings is 2. The van der Waals surface area contributed by atoms with Gasteiger partial charge in [0, 0.05) is 10.2 Å². The fourth-order valence-corrected chi connectivity index (χ4v) is 2.72. The molecule has 0 unspecified atom stereocenters. The number of phenolic OH excluding ortho intramolecular Hbond substituents is 1. The summed E-state index contributed by atoms with van der Waals surface area (Å²) in [7, 11) is 0. The van der Waals surface area contributed by atoms with Crippen molar-refractivity contribution in [3.05, 3.63) is 53.0 Å². The van der Waals surface area contributed by atoms with Crippen molar-refractivity contribution in [2.45, 2.75) is 5.22 Å². The van der Waals surface area contributed by atoms with Gasteiger partial charge in [0.05, 0.1) is 11.3 Å². The van der Waals surface area contributed by atoms with E-state index < -0.39 is 0 Å². The van der Waals surface area contributed by atoms with E-state index in [1.807, 2.05) is 12.1 Å². The van der Waals surface area contributed by atoms with E-state index in [0.29, 0.717) is 11.3 Å². The van der Waals surface area contributed by atoms with E-state index in [2.05, 4.69) is 31.4 Å². The first-order valence-corrected chi connectivity index (χ1v) is 8.70. The maximum absolute atomic E-state index is 11.9. The number of amides is 1. The Morgan fingerprint density at radius 3 is 2.67 bits per heavy atom. The van der Waals surface area contributed by atoms with Crippen LogP contribution in [0.4, 0.5) is 5.69 Å². The number of phenols is 1. The molecular formula is C16H12BrN3O3S. The highest BCUT2D eigenvalue weighted by Crippen LogP contribution is 2.29. The Hall–Kier alpha value is -2.32. The molecule has 0 aliphatic carbocycles. The second-order valence-electron chi connectivity index (χ2n) is 4.73. The summed E-state index contributed by atoms with van der Waals surface area (Å²) in [5.74, 6) is 0.234. The van der Waals surface area contributed by atoms with E-state index in [9.17, 15) is 9.90 Å². The molecule has 1 heterocycles. The summed E-state index contributed by atoms with van der Waals surface area (Å²) < 4.78 is 6.40. The normalized spacial score (nSPS) is 10.5. The lowest BCUT2D eigenvalue weighted by Crippen LogP contribution is -2.13. The molecule has 3 rings (SSSR count). The number of nitrogens with zero attached hydrogens (tertiary/aromatic N) is 2. The van der Waals surface area contributed by atoms with Crippen LogP contribution in [0.25, 0.3) is 11.5 Å². The third-order valence-corrected chi connectivity index (χ3v) is 4.34. The number of aromatic hydroxyl groups is 1. The highest BCUT2D eigenvalue weighted by molar-refractivity contribution is 9.10. The van der Waals surface area contributed by atoms with Crippen molar-refractivity contribution in [3.8, 4) is 17.2 Å². The van der Waals surface area contributed by atoms with Crippen molar-refractivity contribution >= 4 is 39.3 Å². The van der Waals surface area contributed by atoms with Gasteiger partial charge >= 0.3 is 0 Å². The summed E-state index contributed by atoms with van der Waals surface area (Å²) in [4.78, 5) is 11.9. The SMILES string of the molecule is O=C(CSc1nnc(-c2ccccc2O)o1)Nc1ccc(Br)cc1. The number of hydrogen-bond donors (Lipinski definition) is 2. The fraction of sp³-hybridized carbons (Fsp3) is 0.0625. The number of carbonyl (C=O) groups is 1. The smallest absolute Gasteiger partial charge is 0.277 e. The molecule has 0 bridgehead atoms. The van der Waals surface area contributed by atoms with Crippen LogP contribution in [0, 0.1) is 0 Å². The fourth-order valence-electron chi connectivity index (χ4n) is 1.89. The predicted octanol–water partition coefficient (Wildman–Crippen LogP) is 3.94. The molecule has 1 amide bonds. The van der Waals surface area contributed by atoms with Crippen LogP contribution in [0.1, 0.15) is 0 Å². The third kappa shape index (κ3) is 4.15. The molecular weight excluding hydrogens is 394 g/mol. The molecule has 0 aliphatic rings. The zero-order chi connectivity index (χ0) is 16.9. The van der Waals surface area contributed by atoms with Gasteiger partial charge in [-0.3, -0.25) is 4.79 Å². The minimum absolute atomic E-state index is 0.0608. The van der Waals surface area contributed by atoms with E-state index in [-0.39, 0.29) is 28.5 Å². The molecule has 8 heteroatoms. The standard InChI is InChI=1S/C16H12BrN3O3S/c17-10-5-7-11(8-6-10)18-14(22)9-24-16-20-19-15(23-16)12-3-1-2-4-13(12)21/h1-8,21H,9H2,(H,18,22). The van der Waals surface area contributed by atoms with Gasteiger partial charge in [0.2, 0.25) is 5.91 Å². The summed E-state index contributed by atoms with van der Waals surface area (Å²) in [6, 6.07) is 14.0. The number of nitrogens with one attached hydrogen (secondary N) is 1. The van der Waals surface area contributed by atoms with E-state index in [1.165, 1.54) is 6.07 Å². The molecule has 0 fully saturated rings. The van der Waals surface area contributed by atoms with Gasteiger partial charge in [0.1, 0.15) is 5.75 Å². The second-order valence-corrected chi connectivity index (χ2v) is 6.58. The lowest BCUT2D eigenvalue weighted by atomic mass is 10.2. The average molecular weight is 406 g/mol. The molecule has 0 radical (unpaired) electrons. The van der Waals surface area contributed by atoms with Crippen LogP contribution in [-0.4, -0.2) is 27.0 Å². The van der Waals surface area contributed by atoms with Crippen molar-refractivity contribution in [2.75, 3.05) is 11.1 Å². The number of carbonyl (C=O) groups excluding carboxylic acids is 1. The van der Waals surface area contributed by atoms with Gasteiger partial charge in [0.15, 0.2) is 0 Å². The molecule has 2 N–H and O–H groups in total. The van der Waals surface area contributed by atoms with Gasteiger partial charge in [-0.1, -0.05) is 39.8 Å². The Balaban J connectivity index is 1.58. The minimum atomic E-state index is -0.176. The summed E-state index contributed by atoms with van der Waals surface area (Å²) in [5, 5.41) is 20.6. The Labute approximate surface area is 150 Å². The van der Waals surface area contributed by atoms with E-state index in [1.54, 1.807) is 30.3 Å². The second kappa shape index (κ2) is 7.50. The van der Waals surface area contributed by atoms with Crippen LogP contribution >= 0.6 is 27.7 Å². The number of anilines is 1. The first kappa shape index (κ1) is 16.5. The van der Waals surface area contributed by atoms with Crippen LogP contribution in [0.3, 0.4) is 0 Å². The van der Waals surface area contributed by atoms with Crippen molar-refractivity contribution < 1.29 is 14.3 Å². The Bertz CT molecular complexity index is 852. The first-order chi connectivity index (χ1) is 11.6. The van der Waals surface area contributed by atoms with Crippen molar-refractivity contribution in [3.63, 3.8) is 0 Å². The third-order valence-electron chi connectivity index (χ3n) is 3.00. The van der Waals surface area contributed by atoms with Gasteiger partial charge in [-0.2, -0.15) is 0 Å².